The lowest BCUT2D eigenvalue weighted by molar-refractivity contribution is 0.128. The van der Waals surface area contributed by atoms with Crippen LogP contribution in [0.3, 0.4) is 0 Å². The fourth-order valence-corrected chi connectivity index (χ4v) is 1.71. The highest BCUT2D eigenvalue weighted by molar-refractivity contribution is 4.93. The van der Waals surface area contributed by atoms with Crippen molar-refractivity contribution in [3.05, 3.63) is 12.7 Å². The van der Waals surface area contributed by atoms with Crippen LogP contribution < -0.4 is 0 Å². The number of hydrogen-bond donors (Lipinski definition) is 1. The van der Waals surface area contributed by atoms with Crippen LogP contribution in [0.4, 0.5) is 0 Å². The molecule has 0 radical (unpaired) electrons. The predicted molar refractivity (Wildman–Crippen MR) is 71.1 cm³/mol. The first-order chi connectivity index (χ1) is 7.72. The Morgan fingerprint density at radius 2 is 1.75 bits per heavy atom. The quantitative estimate of drug-likeness (QED) is 0.337. The molecule has 0 saturated heterocycles. The Morgan fingerprint density at radius 3 is 2.31 bits per heavy atom. The summed E-state index contributed by atoms with van der Waals surface area (Å²) in [6, 6.07) is 0. The minimum absolute atomic E-state index is 0.00686. The highest BCUT2D eigenvalue weighted by Gasteiger charge is 2.10. The SMILES string of the molecule is C#CC(C)C(O)CCCCCCCCC=C. The van der Waals surface area contributed by atoms with Gasteiger partial charge in [0.1, 0.15) is 0 Å². The van der Waals surface area contributed by atoms with Crippen LogP contribution in [0.2, 0.25) is 0 Å². The zero-order valence-corrected chi connectivity index (χ0v) is 10.6. The molecular weight excluding hydrogens is 196 g/mol. The Balaban J connectivity index is 3.21. The van der Waals surface area contributed by atoms with Gasteiger partial charge in [-0.1, -0.05) is 38.2 Å². The second kappa shape index (κ2) is 10.8. The van der Waals surface area contributed by atoms with E-state index in [0.717, 1.165) is 19.3 Å². The van der Waals surface area contributed by atoms with Crippen LogP contribution in [0.5, 0.6) is 0 Å². The van der Waals surface area contributed by atoms with Crippen molar-refractivity contribution in [2.45, 2.75) is 64.4 Å². The molecule has 0 aliphatic rings. The molecule has 0 heterocycles. The van der Waals surface area contributed by atoms with Crippen molar-refractivity contribution in [2.75, 3.05) is 0 Å². The Labute approximate surface area is 101 Å². The first-order valence-electron chi connectivity index (χ1n) is 6.47. The van der Waals surface area contributed by atoms with Crippen LogP contribution in [0.1, 0.15) is 58.3 Å². The van der Waals surface area contributed by atoms with Crippen molar-refractivity contribution in [1.82, 2.24) is 0 Å². The number of aliphatic hydroxyl groups is 1. The van der Waals surface area contributed by atoms with Gasteiger partial charge in [-0.15, -0.1) is 18.9 Å². The maximum atomic E-state index is 9.64. The fourth-order valence-electron chi connectivity index (χ4n) is 1.71. The topological polar surface area (TPSA) is 20.2 Å². The van der Waals surface area contributed by atoms with E-state index in [9.17, 15) is 5.11 Å². The zero-order chi connectivity index (χ0) is 12.2. The van der Waals surface area contributed by atoms with Gasteiger partial charge in [0.2, 0.25) is 0 Å². The molecule has 0 bridgehead atoms. The first-order valence-corrected chi connectivity index (χ1v) is 6.47. The van der Waals surface area contributed by atoms with Crippen molar-refractivity contribution in [3.8, 4) is 12.3 Å². The van der Waals surface area contributed by atoms with E-state index in [1.54, 1.807) is 0 Å². The van der Waals surface area contributed by atoms with Crippen LogP contribution in [0.25, 0.3) is 0 Å². The standard InChI is InChI=1S/C15H26O/c1-4-6-7-8-9-10-11-12-13-15(16)14(3)5-2/h2,4,14-16H,1,6-13H2,3H3. The average Bonchev–Trinajstić information content (AvgIpc) is 2.31. The summed E-state index contributed by atoms with van der Waals surface area (Å²) in [4.78, 5) is 0. The molecule has 0 saturated carbocycles. The number of hydrogen-bond acceptors (Lipinski definition) is 1. The predicted octanol–water partition coefficient (Wildman–Crippen LogP) is 3.92. The van der Waals surface area contributed by atoms with Gasteiger partial charge in [-0.2, -0.15) is 0 Å². The third-order valence-corrected chi connectivity index (χ3v) is 3.00. The van der Waals surface area contributed by atoms with Gasteiger partial charge in [0.05, 0.1) is 6.10 Å². The molecule has 0 aromatic rings. The molecule has 0 aliphatic carbocycles. The van der Waals surface area contributed by atoms with Crippen molar-refractivity contribution in [3.63, 3.8) is 0 Å². The van der Waals surface area contributed by atoms with E-state index in [0.29, 0.717) is 0 Å². The van der Waals surface area contributed by atoms with Crippen molar-refractivity contribution in [2.24, 2.45) is 5.92 Å². The number of terminal acetylenes is 1. The van der Waals surface area contributed by atoms with Gasteiger partial charge >= 0.3 is 0 Å². The smallest absolute Gasteiger partial charge is 0.0674 e. The van der Waals surface area contributed by atoms with E-state index < -0.39 is 0 Å². The van der Waals surface area contributed by atoms with E-state index in [1.807, 2.05) is 13.0 Å². The zero-order valence-electron chi connectivity index (χ0n) is 10.6. The van der Waals surface area contributed by atoms with Gasteiger partial charge in [0, 0.05) is 5.92 Å². The molecule has 0 spiro atoms. The molecule has 0 aromatic carbocycles. The highest BCUT2D eigenvalue weighted by atomic mass is 16.3. The normalized spacial score (nSPS) is 14.1. The molecule has 1 N–H and O–H groups in total. The Morgan fingerprint density at radius 1 is 1.19 bits per heavy atom. The van der Waals surface area contributed by atoms with Crippen LogP contribution in [0, 0.1) is 18.3 Å². The summed E-state index contributed by atoms with van der Waals surface area (Å²) in [6.45, 7) is 5.61. The Hall–Kier alpha value is -0.740. The number of aliphatic hydroxyl groups excluding tert-OH is 1. The third kappa shape index (κ3) is 8.56. The minimum atomic E-state index is -0.314. The third-order valence-electron chi connectivity index (χ3n) is 3.00. The summed E-state index contributed by atoms with van der Waals surface area (Å²) in [7, 11) is 0. The van der Waals surface area contributed by atoms with Crippen molar-refractivity contribution in [1.29, 1.82) is 0 Å². The molecule has 0 aliphatic heterocycles. The lowest BCUT2D eigenvalue weighted by Crippen LogP contribution is -2.15. The fraction of sp³-hybridized carbons (Fsp3) is 0.733. The van der Waals surface area contributed by atoms with Gasteiger partial charge in [-0.05, 0) is 26.2 Å². The van der Waals surface area contributed by atoms with Gasteiger partial charge in [-0.25, -0.2) is 0 Å². The summed E-state index contributed by atoms with van der Waals surface area (Å²) in [5.74, 6) is 2.57. The summed E-state index contributed by atoms with van der Waals surface area (Å²) >= 11 is 0. The van der Waals surface area contributed by atoms with Crippen LogP contribution in [-0.2, 0) is 0 Å². The molecule has 0 fully saturated rings. The van der Waals surface area contributed by atoms with Crippen LogP contribution in [-0.4, -0.2) is 11.2 Å². The van der Waals surface area contributed by atoms with Gasteiger partial charge in [0.25, 0.3) is 0 Å². The monoisotopic (exact) mass is 222 g/mol. The molecule has 0 amide bonds. The molecule has 1 nitrogen and oxygen atoms in total. The number of allylic oxidation sites excluding steroid dienone is 1. The molecule has 16 heavy (non-hydrogen) atoms. The van der Waals surface area contributed by atoms with Crippen molar-refractivity contribution < 1.29 is 5.11 Å². The molecular formula is C15H26O. The van der Waals surface area contributed by atoms with Crippen LogP contribution in [0.15, 0.2) is 12.7 Å². The molecule has 2 atom stereocenters. The second-order valence-corrected chi connectivity index (χ2v) is 4.51. The van der Waals surface area contributed by atoms with E-state index in [4.69, 9.17) is 6.42 Å². The van der Waals surface area contributed by atoms with E-state index in [-0.39, 0.29) is 12.0 Å². The summed E-state index contributed by atoms with van der Waals surface area (Å²) in [5.41, 5.74) is 0. The summed E-state index contributed by atoms with van der Waals surface area (Å²) < 4.78 is 0. The van der Waals surface area contributed by atoms with Gasteiger partial charge < -0.3 is 5.11 Å². The maximum Gasteiger partial charge on any atom is 0.0674 e. The van der Waals surface area contributed by atoms with E-state index in [2.05, 4.69) is 12.5 Å². The van der Waals surface area contributed by atoms with Crippen LogP contribution >= 0.6 is 0 Å². The number of rotatable bonds is 10. The highest BCUT2D eigenvalue weighted by Crippen LogP contribution is 2.13. The average molecular weight is 222 g/mol. The minimum Gasteiger partial charge on any atom is -0.392 e. The molecule has 2 unspecified atom stereocenters. The van der Waals surface area contributed by atoms with Gasteiger partial charge in [-0.3, -0.25) is 0 Å². The number of unbranched alkanes of at least 4 members (excludes halogenated alkanes) is 6. The Kier molecular flexibility index (Phi) is 10.3. The molecule has 92 valence electrons. The lowest BCUT2D eigenvalue weighted by atomic mass is 9.99. The summed E-state index contributed by atoms with van der Waals surface area (Å²) in [5, 5.41) is 9.64. The van der Waals surface area contributed by atoms with E-state index in [1.165, 1.54) is 32.1 Å². The lowest BCUT2D eigenvalue weighted by Gasteiger charge is -2.12. The largest absolute Gasteiger partial charge is 0.392 e. The van der Waals surface area contributed by atoms with Crippen molar-refractivity contribution >= 4 is 0 Å². The van der Waals surface area contributed by atoms with Gasteiger partial charge in [0.15, 0.2) is 0 Å². The second-order valence-electron chi connectivity index (χ2n) is 4.51. The van der Waals surface area contributed by atoms with E-state index >= 15 is 0 Å². The first kappa shape index (κ1) is 15.3. The Bertz CT molecular complexity index is 202. The molecule has 1 heteroatoms. The summed E-state index contributed by atoms with van der Waals surface area (Å²) in [6.07, 6.45) is 16.3. The maximum absolute atomic E-state index is 9.64. The molecule has 0 aromatic heterocycles. The molecule has 0 rings (SSSR count).